The van der Waals surface area contributed by atoms with E-state index in [1.54, 1.807) is 62.5 Å². The molecule has 0 unspecified atom stereocenters. The van der Waals surface area contributed by atoms with E-state index in [4.69, 9.17) is 9.47 Å². The van der Waals surface area contributed by atoms with Gasteiger partial charge in [-0.05, 0) is 37.3 Å². The van der Waals surface area contributed by atoms with Gasteiger partial charge in [-0.2, -0.15) is 0 Å². The highest BCUT2D eigenvalue weighted by molar-refractivity contribution is 5.97. The largest absolute Gasteiger partial charge is 0.497 e. The Kier molecular flexibility index (Phi) is 9.36. The van der Waals surface area contributed by atoms with E-state index in [0.29, 0.717) is 23.5 Å². The molecule has 1 aromatic heterocycles. The van der Waals surface area contributed by atoms with Crippen LogP contribution in [0.1, 0.15) is 43.6 Å². The third-order valence-electron chi connectivity index (χ3n) is 6.17. The van der Waals surface area contributed by atoms with Gasteiger partial charge in [-0.15, -0.1) is 0 Å². The number of amides is 3. The normalized spacial score (nSPS) is 17.9. The van der Waals surface area contributed by atoms with Crippen molar-refractivity contribution in [3.05, 3.63) is 47.7 Å². The molecule has 198 valence electrons. The zero-order chi connectivity index (χ0) is 27.1. The molecule has 3 atom stereocenters. The smallest absolute Gasteiger partial charge is 0.321 e. The van der Waals surface area contributed by atoms with Gasteiger partial charge in [0.25, 0.3) is 5.91 Å². The van der Waals surface area contributed by atoms with Crippen molar-refractivity contribution >= 4 is 17.6 Å². The molecule has 0 spiro atoms. The fourth-order valence-corrected chi connectivity index (χ4v) is 3.86. The third-order valence-corrected chi connectivity index (χ3v) is 6.17. The SMILES string of the molecule is COc1ccc(NC(=O)N(C)C[C@@H]2Oc3ncc(C#CC(C)C)cc3C(=O)N([C@@H](C)CO)C[C@@H]2C)cc1. The van der Waals surface area contributed by atoms with Crippen LogP contribution in [0.3, 0.4) is 0 Å². The van der Waals surface area contributed by atoms with Gasteiger partial charge in [0, 0.05) is 42.9 Å². The van der Waals surface area contributed by atoms with Gasteiger partial charge in [-0.1, -0.05) is 32.6 Å². The number of nitrogens with zero attached hydrogens (tertiary/aromatic N) is 3. The highest BCUT2D eigenvalue weighted by Gasteiger charge is 2.34. The molecule has 0 aliphatic carbocycles. The maximum absolute atomic E-state index is 13.5. The summed E-state index contributed by atoms with van der Waals surface area (Å²) in [5, 5.41) is 12.7. The summed E-state index contributed by atoms with van der Waals surface area (Å²) in [5.41, 5.74) is 1.54. The van der Waals surface area contributed by atoms with Gasteiger partial charge in [0.05, 0.1) is 26.3 Å². The first-order chi connectivity index (χ1) is 17.6. The molecule has 0 radical (unpaired) electrons. The first kappa shape index (κ1) is 27.8. The number of carbonyl (C=O) groups is 2. The molecular weight excluding hydrogens is 472 g/mol. The number of carbonyl (C=O) groups excluding carboxylic acids is 2. The van der Waals surface area contributed by atoms with Gasteiger partial charge in [0.15, 0.2) is 0 Å². The number of methoxy groups -OCH3 is 1. The summed E-state index contributed by atoms with van der Waals surface area (Å²) in [4.78, 5) is 34.0. The number of fused-ring (bicyclic) bond motifs is 1. The quantitative estimate of drug-likeness (QED) is 0.579. The van der Waals surface area contributed by atoms with Crippen molar-refractivity contribution in [1.29, 1.82) is 0 Å². The van der Waals surface area contributed by atoms with Crippen molar-refractivity contribution < 1.29 is 24.2 Å². The van der Waals surface area contributed by atoms with Gasteiger partial charge >= 0.3 is 6.03 Å². The van der Waals surface area contributed by atoms with E-state index in [2.05, 4.69) is 22.1 Å². The minimum Gasteiger partial charge on any atom is -0.497 e. The summed E-state index contributed by atoms with van der Waals surface area (Å²) in [7, 11) is 3.27. The van der Waals surface area contributed by atoms with E-state index in [0.717, 1.165) is 0 Å². The summed E-state index contributed by atoms with van der Waals surface area (Å²) in [6.45, 7) is 8.16. The van der Waals surface area contributed by atoms with Crippen molar-refractivity contribution in [2.75, 3.05) is 39.2 Å². The Bertz CT molecular complexity index is 1160. The van der Waals surface area contributed by atoms with Crippen molar-refractivity contribution in [2.45, 2.75) is 39.8 Å². The molecule has 2 heterocycles. The fourth-order valence-electron chi connectivity index (χ4n) is 3.86. The number of aliphatic hydroxyl groups excluding tert-OH is 1. The van der Waals surface area contributed by atoms with Crippen LogP contribution in [-0.4, -0.2) is 77.8 Å². The summed E-state index contributed by atoms with van der Waals surface area (Å²) < 4.78 is 11.4. The number of hydrogen-bond acceptors (Lipinski definition) is 6. The van der Waals surface area contributed by atoms with E-state index < -0.39 is 12.1 Å². The lowest BCUT2D eigenvalue weighted by Crippen LogP contribution is -2.50. The van der Waals surface area contributed by atoms with Crippen molar-refractivity contribution in [2.24, 2.45) is 11.8 Å². The maximum Gasteiger partial charge on any atom is 0.321 e. The summed E-state index contributed by atoms with van der Waals surface area (Å²) >= 11 is 0. The van der Waals surface area contributed by atoms with Gasteiger partial charge in [0.2, 0.25) is 5.88 Å². The van der Waals surface area contributed by atoms with Crippen LogP contribution in [0, 0.1) is 23.7 Å². The Hall–Kier alpha value is -3.77. The van der Waals surface area contributed by atoms with Crippen LogP contribution in [-0.2, 0) is 0 Å². The Balaban J connectivity index is 1.85. The van der Waals surface area contributed by atoms with Crippen LogP contribution >= 0.6 is 0 Å². The van der Waals surface area contributed by atoms with Crippen LogP contribution in [0.5, 0.6) is 11.6 Å². The molecule has 9 nitrogen and oxygen atoms in total. The molecule has 0 saturated carbocycles. The number of pyridine rings is 1. The van der Waals surface area contributed by atoms with E-state index in [-0.39, 0.29) is 48.4 Å². The Morgan fingerprint density at radius 3 is 2.65 bits per heavy atom. The second-order valence-corrected chi connectivity index (χ2v) is 9.66. The number of aromatic nitrogens is 1. The second kappa shape index (κ2) is 12.5. The van der Waals surface area contributed by atoms with Crippen LogP contribution in [0.25, 0.3) is 0 Å². The number of nitrogens with one attached hydrogen (secondary N) is 1. The number of urea groups is 1. The maximum atomic E-state index is 13.5. The monoisotopic (exact) mass is 508 g/mol. The van der Waals surface area contributed by atoms with E-state index >= 15 is 0 Å². The van der Waals surface area contributed by atoms with Gasteiger partial charge in [-0.3, -0.25) is 4.79 Å². The predicted molar refractivity (Wildman–Crippen MR) is 142 cm³/mol. The zero-order valence-corrected chi connectivity index (χ0v) is 22.3. The third kappa shape index (κ3) is 7.14. The average Bonchev–Trinajstić information content (AvgIpc) is 2.89. The zero-order valence-electron chi connectivity index (χ0n) is 22.3. The molecule has 3 rings (SSSR count). The lowest BCUT2D eigenvalue weighted by molar-refractivity contribution is 0.0356. The van der Waals surface area contributed by atoms with Gasteiger partial charge < -0.3 is 29.7 Å². The first-order valence-corrected chi connectivity index (χ1v) is 12.4. The summed E-state index contributed by atoms with van der Waals surface area (Å²) in [5.74, 6) is 6.77. The Labute approximate surface area is 218 Å². The molecule has 2 N–H and O–H groups in total. The lowest BCUT2D eigenvalue weighted by Gasteiger charge is -2.37. The number of benzene rings is 1. The summed E-state index contributed by atoms with van der Waals surface area (Å²) in [6.07, 6.45) is 1.14. The van der Waals surface area contributed by atoms with Crippen molar-refractivity contribution in [1.82, 2.24) is 14.8 Å². The molecular formula is C28H36N4O5. The van der Waals surface area contributed by atoms with Crippen molar-refractivity contribution in [3.8, 4) is 23.5 Å². The first-order valence-electron chi connectivity index (χ1n) is 12.4. The number of anilines is 1. The Morgan fingerprint density at radius 1 is 1.32 bits per heavy atom. The van der Waals surface area contributed by atoms with E-state index in [1.165, 1.54) is 4.90 Å². The second-order valence-electron chi connectivity index (χ2n) is 9.66. The topological polar surface area (TPSA) is 104 Å². The molecule has 1 aliphatic rings. The molecule has 1 aromatic carbocycles. The standard InChI is InChI=1S/C28H36N4O5/c1-18(2)7-8-21-13-24-26(29-14-21)37-25(19(3)15-32(27(24)34)20(4)17-33)16-31(5)28(35)30-22-9-11-23(36-6)12-10-22/h9-14,18-20,25,33H,15-17H2,1-6H3,(H,30,35)/t19-,20-,25-/m0/s1. The van der Waals surface area contributed by atoms with Gasteiger partial charge in [0.1, 0.15) is 17.4 Å². The molecule has 0 fully saturated rings. The number of rotatable bonds is 6. The minimum absolute atomic E-state index is 0.149. The van der Waals surface area contributed by atoms with Crippen LogP contribution in [0.15, 0.2) is 36.5 Å². The van der Waals surface area contributed by atoms with Gasteiger partial charge in [-0.25, -0.2) is 9.78 Å². The van der Waals surface area contributed by atoms with Crippen LogP contribution in [0.2, 0.25) is 0 Å². The minimum atomic E-state index is -0.452. The number of aliphatic hydroxyl groups is 1. The molecule has 37 heavy (non-hydrogen) atoms. The van der Waals surface area contributed by atoms with Crippen molar-refractivity contribution in [3.63, 3.8) is 0 Å². The lowest BCUT2D eigenvalue weighted by atomic mass is 10.00. The molecule has 3 amide bonds. The van der Waals surface area contributed by atoms with E-state index in [1.807, 2.05) is 20.8 Å². The van der Waals surface area contributed by atoms with E-state index in [9.17, 15) is 14.7 Å². The highest BCUT2D eigenvalue weighted by atomic mass is 16.5. The molecule has 2 aromatic rings. The number of ether oxygens (including phenoxy) is 2. The number of hydrogen-bond donors (Lipinski definition) is 2. The number of likely N-dealkylation sites (N-methyl/N-ethyl adjacent to an activating group) is 1. The fraction of sp³-hybridized carbons (Fsp3) is 0.464. The predicted octanol–water partition coefficient (Wildman–Crippen LogP) is 3.48. The Morgan fingerprint density at radius 2 is 2.03 bits per heavy atom. The van der Waals surface area contributed by atoms with Crippen LogP contribution < -0.4 is 14.8 Å². The molecule has 1 aliphatic heterocycles. The average molecular weight is 509 g/mol. The summed E-state index contributed by atoms with van der Waals surface area (Å²) in [6, 6.07) is 8.05. The highest BCUT2D eigenvalue weighted by Crippen LogP contribution is 2.27. The molecule has 9 heteroatoms. The van der Waals surface area contributed by atoms with Crippen LogP contribution in [0.4, 0.5) is 10.5 Å². The molecule has 0 saturated heterocycles. The molecule has 0 bridgehead atoms.